The molecular weight excluding hydrogens is 508 g/mol. The summed E-state index contributed by atoms with van der Waals surface area (Å²) in [6, 6.07) is 10.5. The number of aliphatic hydroxyl groups is 1. The number of nitrogens with zero attached hydrogens (tertiary/aromatic N) is 1. The predicted molar refractivity (Wildman–Crippen MR) is 140 cm³/mol. The lowest BCUT2D eigenvalue weighted by atomic mass is 9.81. The lowest BCUT2D eigenvalue weighted by Gasteiger charge is -2.34. The van der Waals surface area contributed by atoms with E-state index in [-0.39, 0.29) is 17.7 Å². The lowest BCUT2D eigenvalue weighted by Crippen LogP contribution is -2.58. The zero-order valence-corrected chi connectivity index (χ0v) is 22.3. The van der Waals surface area contributed by atoms with Crippen LogP contribution in [0, 0.1) is 18.3 Å². The van der Waals surface area contributed by atoms with E-state index in [1.54, 1.807) is 37.3 Å². The third-order valence-electron chi connectivity index (χ3n) is 7.90. The molecule has 3 atom stereocenters. The Bertz CT molecular complexity index is 1230. The molecule has 0 aromatic heterocycles. The molecule has 39 heavy (non-hydrogen) atoms. The average Bonchev–Trinajstić information content (AvgIpc) is 3.69. The number of phenols is 1. The molecule has 1 aliphatic heterocycles. The molecule has 0 radical (unpaired) electrons. The molecule has 1 aliphatic carbocycles. The minimum absolute atomic E-state index is 0.0174. The van der Waals surface area contributed by atoms with Gasteiger partial charge < -0.3 is 25.7 Å². The number of nitrogens with one attached hydrogen (secondary N) is 2. The molecule has 1 saturated heterocycles. The van der Waals surface area contributed by atoms with Gasteiger partial charge in [0.15, 0.2) is 6.10 Å². The van der Waals surface area contributed by atoms with Gasteiger partial charge in [-0.2, -0.15) is 0 Å². The van der Waals surface area contributed by atoms with Crippen LogP contribution >= 0.6 is 0 Å². The van der Waals surface area contributed by atoms with E-state index < -0.39 is 53.8 Å². The van der Waals surface area contributed by atoms with Crippen LogP contribution in [0.25, 0.3) is 0 Å². The minimum atomic E-state index is -3.39. The highest BCUT2D eigenvalue weighted by Crippen LogP contribution is 2.48. The number of amides is 3. The van der Waals surface area contributed by atoms with Crippen LogP contribution in [0.3, 0.4) is 0 Å². The zero-order valence-electron chi connectivity index (χ0n) is 22.3. The third kappa shape index (κ3) is 5.90. The maximum Gasteiger partial charge on any atom is 0.272 e. The molecule has 1 heterocycles. The van der Waals surface area contributed by atoms with Gasteiger partial charge in [-0.1, -0.05) is 50.2 Å². The Labute approximate surface area is 226 Å². The third-order valence-corrected chi connectivity index (χ3v) is 7.90. The average molecular weight is 544 g/mol. The first-order chi connectivity index (χ1) is 18.3. The number of aliphatic hydroxyl groups excluding tert-OH is 1. The molecule has 4 rings (SSSR count). The van der Waals surface area contributed by atoms with Crippen LogP contribution in [0.2, 0.25) is 0 Å². The van der Waals surface area contributed by atoms with E-state index in [0.29, 0.717) is 23.6 Å². The molecule has 210 valence electrons. The number of benzene rings is 2. The number of carbonyl (C=O) groups excluding carboxylic acids is 3. The summed E-state index contributed by atoms with van der Waals surface area (Å²) in [5.41, 5.74) is -0.748. The van der Waals surface area contributed by atoms with Crippen LogP contribution < -0.4 is 10.6 Å². The number of likely N-dealkylation sites (tertiary alicyclic amines) is 1. The summed E-state index contributed by atoms with van der Waals surface area (Å²) in [4.78, 5) is 40.6. The van der Waals surface area contributed by atoms with E-state index in [4.69, 9.17) is 0 Å². The molecule has 1 saturated carbocycles. The molecule has 0 bridgehead atoms. The molecule has 2 aromatic carbocycles. The van der Waals surface area contributed by atoms with Gasteiger partial charge in [-0.15, -0.1) is 0 Å². The summed E-state index contributed by atoms with van der Waals surface area (Å²) in [7, 11) is 0. The van der Waals surface area contributed by atoms with Crippen molar-refractivity contribution in [2.45, 2.75) is 64.1 Å². The van der Waals surface area contributed by atoms with Gasteiger partial charge in [-0.25, -0.2) is 8.78 Å². The highest BCUT2D eigenvalue weighted by atomic mass is 19.3. The molecule has 3 amide bonds. The Kier molecular flexibility index (Phi) is 7.97. The van der Waals surface area contributed by atoms with Gasteiger partial charge >= 0.3 is 0 Å². The van der Waals surface area contributed by atoms with E-state index in [2.05, 4.69) is 10.6 Å². The van der Waals surface area contributed by atoms with Crippen molar-refractivity contribution in [2.75, 3.05) is 13.1 Å². The number of hydrogen-bond acceptors (Lipinski definition) is 5. The smallest absolute Gasteiger partial charge is 0.272 e. The van der Waals surface area contributed by atoms with Gasteiger partial charge in [0, 0.05) is 17.7 Å². The predicted octanol–water partition coefficient (Wildman–Crippen LogP) is 2.80. The Morgan fingerprint density at radius 2 is 1.74 bits per heavy atom. The number of carbonyl (C=O) groups is 3. The largest absolute Gasteiger partial charge is 0.508 e. The standard InChI is InChI=1S/C29H35F2N3O5/c1-17-20(10-7-11-22(17)35)25(37)33-21(14-18-8-5-4-6-9-18)23(36)27(39)34-16-29(30,31)28(2,3)24(34)26(38)32-15-19-12-13-19/h4-11,19,21,23-24,35-36H,12-16H2,1-3H3,(H,32,38)(H,33,37)/t21-,23-,24+/m0/s1. The molecule has 2 aromatic rings. The van der Waals surface area contributed by atoms with Crippen LogP contribution in [0.1, 0.15) is 48.2 Å². The number of alkyl halides is 2. The summed E-state index contributed by atoms with van der Waals surface area (Å²) in [6.07, 6.45) is -0.00415. The monoisotopic (exact) mass is 543 g/mol. The SMILES string of the molecule is Cc1c(O)cccc1C(=O)N[C@@H](Cc1ccccc1)[C@H](O)C(=O)N1CC(F)(F)C(C)(C)[C@H]1C(=O)NCC1CC1. The number of halogens is 2. The first-order valence-corrected chi connectivity index (χ1v) is 13.1. The summed E-state index contributed by atoms with van der Waals surface area (Å²) >= 11 is 0. The van der Waals surface area contributed by atoms with Crippen molar-refractivity contribution in [3.8, 4) is 5.75 Å². The second kappa shape index (κ2) is 10.9. The zero-order chi connectivity index (χ0) is 28.5. The number of hydrogen-bond donors (Lipinski definition) is 4. The molecule has 4 N–H and O–H groups in total. The maximum atomic E-state index is 15.1. The Morgan fingerprint density at radius 3 is 2.38 bits per heavy atom. The van der Waals surface area contributed by atoms with Gasteiger partial charge in [-0.3, -0.25) is 14.4 Å². The highest BCUT2D eigenvalue weighted by Gasteiger charge is 2.64. The van der Waals surface area contributed by atoms with E-state index in [0.717, 1.165) is 17.7 Å². The second-order valence-corrected chi connectivity index (χ2v) is 11.1. The molecule has 8 nitrogen and oxygen atoms in total. The van der Waals surface area contributed by atoms with Crippen molar-refractivity contribution in [3.63, 3.8) is 0 Å². The van der Waals surface area contributed by atoms with Gasteiger partial charge in [0.05, 0.1) is 18.0 Å². The first kappa shape index (κ1) is 28.5. The van der Waals surface area contributed by atoms with Crippen molar-refractivity contribution < 1.29 is 33.4 Å². The van der Waals surface area contributed by atoms with Crippen molar-refractivity contribution >= 4 is 17.7 Å². The van der Waals surface area contributed by atoms with E-state index in [1.165, 1.54) is 32.0 Å². The van der Waals surface area contributed by atoms with Crippen molar-refractivity contribution in [2.24, 2.45) is 11.3 Å². The van der Waals surface area contributed by atoms with Crippen molar-refractivity contribution in [1.82, 2.24) is 15.5 Å². The van der Waals surface area contributed by atoms with E-state index >= 15 is 8.78 Å². The fourth-order valence-electron chi connectivity index (χ4n) is 5.00. The maximum absolute atomic E-state index is 15.1. The summed E-state index contributed by atoms with van der Waals surface area (Å²) in [5.74, 6) is -5.59. The van der Waals surface area contributed by atoms with E-state index in [1.807, 2.05) is 0 Å². The van der Waals surface area contributed by atoms with Crippen LogP contribution in [0.15, 0.2) is 48.5 Å². The van der Waals surface area contributed by atoms with Crippen molar-refractivity contribution in [1.29, 1.82) is 0 Å². The molecule has 0 unspecified atom stereocenters. The number of phenolic OH excluding ortho intramolecular Hbond substituents is 1. The van der Waals surface area contributed by atoms with Crippen LogP contribution in [0.5, 0.6) is 5.75 Å². The number of aromatic hydroxyl groups is 1. The van der Waals surface area contributed by atoms with Crippen molar-refractivity contribution in [3.05, 3.63) is 65.2 Å². The van der Waals surface area contributed by atoms with Gasteiger partial charge in [-0.05, 0) is 49.8 Å². The van der Waals surface area contributed by atoms with Crippen LogP contribution in [-0.2, 0) is 16.0 Å². The van der Waals surface area contributed by atoms with Gasteiger partial charge in [0.25, 0.3) is 17.7 Å². The molecule has 2 fully saturated rings. The fraction of sp³-hybridized carbons (Fsp3) is 0.483. The van der Waals surface area contributed by atoms with Crippen LogP contribution in [0.4, 0.5) is 8.78 Å². The lowest BCUT2D eigenvalue weighted by molar-refractivity contribution is -0.148. The summed E-state index contributed by atoms with van der Waals surface area (Å²) in [6.45, 7) is 3.34. The topological polar surface area (TPSA) is 119 Å². The number of rotatable bonds is 9. The molecular formula is C29H35F2N3O5. The fourth-order valence-corrected chi connectivity index (χ4v) is 5.00. The second-order valence-electron chi connectivity index (χ2n) is 11.1. The summed E-state index contributed by atoms with van der Waals surface area (Å²) < 4.78 is 30.3. The Hall–Kier alpha value is -3.53. The molecule has 10 heteroatoms. The summed E-state index contributed by atoms with van der Waals surface area (Å²) in [5, 5.41) is 26.6. The Morgan fingerprint density at radius 1 is 1.08 bits per heavy atom. The van der Waals surface area contributed by atoms with Gasteiger partial charge in [0.2, 0.25) is 5.91 Å². The first-order valence-electron chi connectivity index (χ1n) is 13.1. The molecule has 0 spiro atoms. The quantitative estimate of drug-likeness (QED) is 0.388. The molecule has 2 aliphatic rings. The minimum Gasteiger partial charge on any atom is -0.508 e. The van der Waals surface area contributed by atoms with E-state index in [9.17, 15) is 24.6 Å². The Balaban J connectivity index is 1.61. The van der Waals surface area contributed by atoms with Crippen LogP contribution in [-0.4, -0.2) is 70.0 Å². The van der Waals surface area contributed by atoms with Gasteiger partial charge in [0.1, 0.15) is 11.8 Å². The highest BCUT2D eigenvalue weighted by molar-refractivity contribution is 5.97. The normalized spacial score (nSPS) is 21.2.